The van der Waals surface area contributed by atoms with Crippen LogP contribution in [-0.2, 0) is 0 Å². The number of nitrogens with two attached hydrogens (primary N) is 1. The second-order valence-electron chi connectivity index (χ2n) is 4.80. The number of rotatable bonds is 5. The third-order valence-corrected chi connectivity index (χ3v) is 4.67. The van der Waals surface area contributed by atoms with Gasteiger partial charge in [0, 0.05) is 11.1 Å². The van der Waals surface area contributed by atoms with Crippen LogP contribution in [0.1, 0.15) is 20.8 Å². The first-order chi connectivity index (χ1) is 8.39. The quantitative estimate of drug-likeness (QED) is 0.277. The fourth-order valence-corrected chi connectivity index (χ4v) is 1.64. The third kappa shape index (κ3) is 4.01. The Hall–Kier alpha value is -1.04. The molecule has 0 aliphatic rings. The van der Waals surface area contributed by atoms with Gasteiger partial charge in [0.1, 0.15) is 3.55 Å². The Labute approximate surface area is 123 Å². The highest BCUT2D eigenvalue weighted by Gasteiger charge is 2.36. The lowest BCUT2D eigenvalue weighted by Gasteiger charge is -2.33. The zero-order valence-corrected chi connectivity index (χ0v) is 13.2. The molecule has 0 saturated heterocycles. The van der Waals surface area contributed by atoms with E-state index in [0.29, 0.717) is 0 Å². The average Bonchev–Trinajstić information content (AvgIpc) is 2.30. The van der Waals surface area contributed by atoms with E-state index in [1.165, 1.54) is 0 Å². The Bertz CT molecular complexity index is 422. The molecule has 1 aromatic carbocycles. The van der Waals surface area contributed by atoms with Gasteiger partial charge in [-0.3, -0.25) is 4.99 Å². The number of nitrogens with one attached hydrogen (secondary N) is 1. The highest BCUT2D eigenvalue weighted by Crippen LogP contribution is 2.40. The van der Waals surface area contributed by atoms with Gasteiger partial charge in [0.05, 0.1) is 6.34 Å². The van der Waals surface area contributed by atoms with E-state index in [1.54, 1.807) is 12.5 Å². The Balaban J connectivity index is 2.71. The topological polar surface area (TPSA) is 50.4 Å². The predicted octanol–water partition coefficient (Wildman–Crippen LogP) is 3.78. The van der Waals surface area contributed by atoms with E-state index in [2.05, 4.69) is 53.7 Å². The number of hydrogen-bond donors (Lipinski definition) is 2. The van der Waals surface area contributed by atoms with Crippen molar-refractivity contribution >= 4 is 34.6 Å². The minimum Gasteiger partial charge on any atom is -0.405 e. The number of benzene rings is 1. The molecule has 0 saturated carbocycles. The largest absolute Gasteiger partial charge is 0.405 e. The van der Waals surface area contributed by atoms with Gasteiger partial charge in [0.15, 0.2) is 0 Å². The second-order valence-corrected chi connectivity index (χ2v) is 6.90. The Morgan fingerprint density at radius 3 is 2.39 bits per heavy atom. The maximum Gasteiger partial charge on any atom is 0.119 e. The van der Waals surface area contributed by atoms with Crippen molar-refractivity contribution in [3.8, 4) is 0 Å². The van der Waals surface area contributed by atoms with Crippen molar-refractivity contribution in [1.82, 2.24) is 0 Å². The molecule has 1 atom stereocenters. The molecule has 0 aromatic heterocycles. The normalized spacial score (nSPS) is 16.0. The van der Waals surface area contributed by atoms with Crippen molar-refractivity contribution in [3.63, 3.8) is 0 Å². The van der Waals surface area contributed by atoms with E-state index in [0.717, 1.165) is 5.69 Å². The zero-order valence-electron chi connectivity index (χ0n) is 11.0. The van der Waals surface area contributed by atoms with Crippen LogP contribution in [0, 0.1) is 5.41 Å². The molecule has 1 aromatic rings. The maximum atomic E-state index is 5.48. The molecule has 0 bridgehead atoms. The SMILES string of the molecule is CC(C)(/C=C\N)C(C)(I)/N=C\Nc1ccccc1. The molecular weight excluding hydrogens is 337 g/mol. The maximum absolute atomic E-state index is 5.48. The minimum absolute atomic E-state index is 0.114. The highest BCUT2D eigenvalue weighted by molar-refractivity contribution is 14.1. The Morgan fingerprint density at radius 1 is 1.22 bits per heavy atom. The number of halogens is 1. The van der Waals surface area contributed by atoms with Gasteiger partial charge >= 0.3 is 0 Å². The van der Waals surface area contributed by atoms with Gasteiger partial charge in [-0.25, -0.2) is 0 Å². The number of aliphatic imine (C=N–C) groups is 1. The smallest absolute Gasteiger partial charge is 0.119 e. The highest BCUT2D eigenvalue weighted by atomic mass is 127. The summed E-state index contributed by atoms with van der Waals surface area (Å²) < 4.78 is -0.261. The van der Waals surface area contributed by atoms with E-state index in [4.69, 9.17) is 5.73 Å². The van der Waals surface area contributed by atoms with Crippen molar-refractivity contribution < 1.29 is 0 Å². The number of nitrogens with zero attached hydrogens (tertiary/aromatic N) is 1. The van der Waals surface area contributed by atoms with Crippen molar-refractivity contribution in [2.75, 3.05) is 5.32 Å². The number of alkyl halides is 1. The standard InChI is InChI=1S/C14H20IN3/c1-13(2,9-10-16)14(3,15)18-11-17-12-7-5-4-6-8-12/h4-11H,16H2,1-3H3,(H,17,18)/b10-9-. The van der Waals surface area contributed by atoms with Crippen LogP contribution in [0.2, 0.25) is 0 Å². The summed E-state index contributed by atoms with van der Waals surface area (Å²) >= 11 is 2.34. The first-order valence-electron chi connectivity index (χ1n) is 5.83. The molecule has 4 heteroatoms. The first-order valence-corrected chi connectivity index (χ1v) is 6.90. The fourth-order valence-electron chi connectivity index (χ4n) is 1.32. The summed E-state index contributed by atoms with van der Waals surface area (Å²) in [6, 6.07) is 9.96. The van der Waals surface area contributed by atoms with E-state index >= 15 is 0 Å². The van der Waals surface area contributed by atoms with Gasteiger partial charge < -0.3 is 11.1 Å². The first kappa shape index (κ1) is 15.0. The lowest BCUT2D eigenvalue weighted by Crippen LogP contribution is -2.33. The molecule has 0 aliphatic carbocycles. The molecule has 0 heterocycles. The average molecular weight is 357 g/mol. The minimum atomic E-state index is -0.261. The fraction of sp³-hybridized carbons (Fsp3) is 0.357. The lowest BCUT2D eigenvalue weighted by molar-refractivity contribution is 0.379. The predicted molar refractivity (Wildman–Crippen MR) is 88.1 cm³/mol. The van der Waals surface area contributed by atoms with Crippen LogP contribution in [0.25, 0.3) is 0 Å². The molecule has 98 valence electrons. The summed E-state index contributed by atoms with van der Waals surface area (Å²) in [5, 5.41) is 3.16. The van der Waals surface area contributed by atoms with Gasteiger partial charge in [-0.15, -0.1) is 0 Å². The Kier molecular flexibility index (Phi) is 5.19. The number of anilines is 1. The summed E-state index contributed by atoms with van der Waals surface area (Å²) in [5.41, 5.74) is 6.39. The molecule has 0 radical (unpaired) electrons. The monoisotopic (exact) mass is 357 g/mol. The van der Waals surface area contributed by atoms with Gasteiger partial charge in [0.25, 0.3) is 0 Å². The molecule has 0 fully saturated rings. The summed E-state index contributed by atoms with van der Waals surface area (Å²) in [6.45, 7) is 6.31. The van der Waals surface area contributed by atoms with Crippen LogP contribution < -0.4 is 11.1 Å². The Morgan fingerprint density at radius 2 is 1.83 bits per heavy atom. The molecule has 3 nitrogen and oxygen atoms in total. The van der Waals surface area contributed by atoms with Crippen molar-refractivity contribution in [2.45, 2.75) is 24.3 Å². The van der Waals surface area contributed by atoms with Gasteiger partial charge in [-0.05, 0) is 25.3 Å². The van der Waals surface area contributed by atoms with Crippen molar-refractivity contribution in [2.24, 2.45) is 16.1 Å². The van der Waals surface area contributed by atoms with Crippen LogP contribution in [0.3, 0.4) is 0 Å². The summed E-state index contributed by atoms with van der Waals surface area (Å²) in [4.78, 5) is 4.59. The third-order valence-electron chi connectivity index (χ3n) is 3.00. The van der Waals surface area contributed by atoms with Crippen LogP contribution in [0.5, 0.6) is 0 Å². The molecule has 3 N–H and O–H groups in total. The number of para-hydroxylation sites is 1. The van der Waals surface area contributed by atoms with Gasteiger partial charge in [-0.1, -0.05) is 60.7 Å². The molecule has 0 amide bonds. The molecular formula is C14H20IN3. The van der Waals surface area contributed by atoms with E-state index in [1.807, 2.05) is 36.4 Å². The van der Waals surface area contributed by atoms with Gasteiger partial charge in [0.2, 0.25) is 0 Å². The van der Waals surface area contributed by atoms with Crippen LogP contribution >= 0.6 is 22.6 Å². The van der Waals surface area contributed by atoms with Crippen molar-refractivity contribution in [3.05, 3.63) is 42.6 Å². The summed E-state index contributed by atoms with van der Waals surface area (Å²) in [7, 11) is 0. The van der Waals surface area contributed by atoms with Crippen LogP contribution in [0.15, 0.2) is 47.6 Å². The molecule has 18 heavy (non-hydrogen) atoms. The van der Waals surface area contributed by atoms with E-state index in [-0.39, 0.29) is 8.96 Å². The molecule has 1 rings (SSSR count). The number of hydrogen-bond acceptors (Lipinski definition) is 2. The summed E-state index contributed by atoms with van der Waals surface area (Å²) in [5.74, 6) is 0. The molecule has 0 aliphatic heterocycles. The van der Waals surface area contributed by atoms with Crippen LogP contribution in [0.4, 0.5) is 5.69 Å². The van der Waals surface area contributed by atoms with Gasteiger partial charge in [-0.2, -0.15) is 0 Å². The van der Waals surface area contributed by atoms with E-state index < -0.39 is 0 Å². The molecule has 1 unspecified atom stereocenters. The van der Waals surface area contributed by atoms with Crippen LogP contribution in [-0.4, -0.2) is 9.88 Å². The second kappa shape index (κ2) is 6.22. The zero-order chi connectivity index (χ0) is 13.6. The lowest BCUT2D eigenvalue weighted by atomic mass is 9.86. The molecule has 0 spiro atoms. The van der Waals surface area contributed by atoms with Crippen molar-refractivity contribution in [1.29, 1.82) is 0 Å². The van der Waals surface area contributed by atoms with E-state index in [9.17, 15) is 0 Å². The summed E-state index contributed by atoms with van der Waals surface area (Å²) in [6.07, 6.45) is 5.30.